The molecule has 0 unspecified atom stereocenters. The van der Waals surface area contributed by atoms with E-state index < -0.39 is 0 Å². The second kappa shape index (κ2) is 8.65. The number of nitrogens with one attached hydrogen (secondary N) is 1. The standard InChI is InChI=1S/C16H26BrNO2/c1-5-9-18-12-13-7-6-8-14(17)15(13)19-10-11-20-16(2,3)4/h6-8,18H,5,9-12H2,1-4H3. The van der Waals surface area contributed by atoms with Crippen LogP contribution in [0.1, 0.15) is 39.7 Å². The first-order valence-corrected chi connectivity index (χ1v) is 7.98. The van der Waals surface area contributed by atoms with E-state index in [9.17, 15) is 0 Å². The molecule has 0 heterocycles. The van der Waals surface area contributed by atoms with Crippen molar-refractivity contribution in [1.82, 2.24) is 5.32 Å². The van der Waals surface area contributed by atoms with Crippen LogP contribution in [0.5, 0.6) is 5.75 Å². The molecule has 1 rings (SSSR count). The number of hydrogen-bond acceptors (Lipinski definition) is 3. The lowest BCUT2D eigenvalue weighted by Crippen LogP contribution is -2.23. The summed E-state index contributed by atoms with van der Waals surface area (Å²) in [5.41, 5.74) is 1.05. The van der Waals surface area contributed by atoms with Crippen LogP contribution in [0.2, 0.25) is 0 Å². The average Bonchev–Trinajstić information content (AvgIpc) is 2.36. The van der Waals surface area contributed by atoms with Gasteiger partial charge in [0.2, 0.25) is 0 Å². The highest BCUT2D eigenvalue weighted by Crippen LogP contribution is 2.29. The van der Waals surface area contributed by atoms with Gasteiger partial charge in [0.15, 0.2) is 0 Å². The second-order valence-electron chi connectivity index (χ2n) is 5.71. The average molecular weight is 344 g/mol. The third-order valence-electron chi connectivity index (χ3n) is 2.66. The molecular weight excluding hydrogens is 318 g/mol. The summed E-state index contributed by atoms with van der Waals surface area (Å²) in [6.07, 6.45) is 1.13. The molecular formula is C16H26BrNO2. The van der Waals surface area contributed by atoms with Crippen LogP contribution in [0.25, 0.3) is 0 Å². The van der Waals surface area contributed by atoms with Gasteiger partial charge in [-0.25, -0.2) is 0 Å². The lowest BCUT2D eigenvalue weighted by atomic mass is 10.2. The van der Waals surface area contributed by atoms with Gasteiger partial charge in [-0.05, 0) is 55.7 Å². The number of benzene rings is 1. The molecule has 0 fully saturated rings. The Morgan fingerprint density at radius 2 is 1.95 bits per heavy atom. The maximum absolute atomic E-state index is 5.88. The lowest BCUT2D eigenvalue weighted by molar-refractivity contribution is -0.0164. The Balaban J connectivity index is 2.54. The minimum absolute atomic E-state index is 0.122. The molecule has 3 nitrogen and oxygen atoms in total. The zero-order chi connectivity index (χ0) is 15.0. The van der Waals surface area contributed by atoms with E-state index in [1.807, 2.05) is 32.9 Å². The molecule has 114 valence electrons. The molecule has 0 amide bonds. The Hall–Kier alpha value is -0.580. The number of para-hydroxylation sites is 1. The molecule has 0 aliphatic carbocycles. The Morgan fingerprint density at radius 1 is 1.20 bits per heavy atom. The molecule has 20 heavy (non-hydrogen) atoms. The van der Waals surface area contributed by atoms with Crippen molar-refractivity contribution in [2.45, 2.75) is 46.3 Å². The molecule has 4 heteroatoms. The summed E-state index contributed by atoms with van der Waals surface area (Å²) in [6, 6.07) is 6.13. The maximum atomic E-state index is 5.88. The van der Waals surface area contributed by atoms with Crippen molar-refractivity contribution in [2.75, 3.05) is 19.8 Å². The van der Waals surface area contributed by atoms with Crippen LogP contribution in [-0.2, 0) is 11.3 Å². The van der Waals surface area contributed by atoms with Crippen molar-refractivity contribution < 1.29 is 9.47 Å². The maximum Gasteiger partial charge on any atom is 0.138 e. The number of ether oxygens (including phenoxy) is 2. The summed E-state index contributed by atoms with van der Waals surface area (Å²) < 4.78 is 12.5. The van der Waals surface area contributed by atoms with Gasteiger partial charge < -0.3 is 14.8 Å². The summed E-state index contributed by atoms with van der Waals surface area (Å²) in [6.45, 7) is 11.3. The van der Waals surface area contributed by atoms with Gasteiger partial charge in [-0.1, -0.05) is 19.1 Å². The topological polar surface area (TPSA) is 30.5 Å². The fraction of sp³-hybridized carbons (Fsp3) is 0.625. The largest absolute Gasteiger partial charge is 0.490 e. The highest BCUT2D eigenvalue weighted by molar-refractivity contribution is 9.10. The quantitative estimate of drug-likeness (QED) is 0.719. The van der Waals surface area contributed by atoms with Crippen molar-refractivity contribution >= 4 is 15.9 Å². The van der Waals surface area contributed by atoms with E-state index >= 15 is 0 Å². The summed E-state index contributed by atoms with van der Waals surface area (Å²) in [7, 11) is 0. The Kier molecular flexibility index (Phi) is 7.56. The third-order valence-corrected chi connectivity index (χ3v) is 3.28. The van der Waals surface area contributed by atoms with Crippen molar-refractivity contribution in [3.05, 3.63) is 28.2 Å². The fourth-order valence-electron chi connectivity index (χ4n) is 1.75. The van der Waals surface area contributed by atoms with Crippen molar-refractivity contribution in [3.8, 4) is 5.75 Å². The summed E-state index contributed by atoms with van der Waals surface area (Å²) >= 11 is 3.55. The van der Waals surface area contributed by atoms with Crippen molar-refractivity contribution in [3.63, 3.8) is 0 Å². The smallest absolute Gasteiger partial charge is 0.138 e. The Bertz CT molecular complexity index is 402. The molecule has 1 aromatic rings. The van der Waals surface area contributed by atoms with E-state index in [-0.39, 0.29) is 5.60 Å². The molecule has 0 saturated heterocycles. The molecule has 0 bridgehead atoms. The van der Waals surface area contributed by atoms with E-state index in [4.69, 9.17) is 9.47 Å². The lowest BCUT2D eigenvalue weighted by Gasteiger charge is -2.20. The van der Waals surface area contributed by atoms with Gasteiger partial charge in [0.1, 0.15) is 12.4 Å². The molecule has 1 aromatic carbocycles. The highest BCUT2D eigenvalue weighted by atomic mass is 79.9. The van der Waals surface area contributed by atoms with Gasteiger partial charge >= 0.3 is 0 Å². The molecule has 0 radical (unpaired) electrons. The molecule has 0 aliphatic rings. The minimum Gasteiger partial charge on any atom is -0.490 e. The van der Waals surface area contributed by atoms with Gasteiger partial charge in [0.25, 0.3) is 0 Å². The van der Waals surface area contributed by atoms with E-state index in [1.165, 1.54) is 5.56 Å². The van der Waals surface area contributed by atoms with Gasteiger partial charge in [-0.15, -0.1) is 0 Å². The first kappa shape index (κ1) is 17.5. The van der Waals surface area contributed by atoms with Gasteiger partial charge in [-0.2, -0.15) is 0 Å². The van der Waals surface area contributed by atoms with Crippen LogP contribution in [-0.4, -0.2) is 25.4 Å². The monoisotopic (exact) mass is 343 g/mol. The first-order valence-electron chi connectivity index (χ1n) is 7.19. The van der Waals surface area contributed by atoms with Gasteiger partial charge in [-0.3, -0.25) is 0 Å². The van der Waals surface area contributed by atoms with Crippen molar-refractivity contribution in [2.24, 2.45) is 0 Å². The first-order chi connectivity index (χ1) is 9.44. The molecule has 0 atom stereocenters. The zero-order valence-corrected chi connectivity index (χ0v) is 14.5. The Labute approximate surface area is 131 Å². The third kappa shape index (κ3) is 6.73. The van der Waals surface area contributed by atoms with Crippen LogP contribution < -0.4 is 10.1 Å². The van der Waals surface area contributed by atoms with E-state index in [2.05, 4.69) is 34.2 Å². The number of halogens is 1. The molecule has 0 aliphatic heterocycles. The second-order valence-corrected chi connectivity index (χ2v) is 6.57. The fourth-order valence-corrected chi connectivity index (χ4v) is 2.27. The minimum atomic E-state index is -0.122. The van der Waals surface area contributed by atoms with Crippen LogP contribution >= 0.6 is 15.9 Å². The molecule has 1 N–H and O–H groups in total. The Morgan fingerprint density at radius 3 is 2.60 bits per heavy atom. The van der Waals surface area contributed by atoms with Crippen LogP contribution in [0.3, 0.4) is 0 Å². The predicted molar refractivity (Wildman–Crippen MR) is 87.3 cm³/mol. The highest BCUT2D eigenvalue weighted by Gasteiger charge is 2.11. The zero-order valence-electron chi connectivity index (χ0n) is 13.0. The number of rotatable bonds is 8. The van der Waals surface area contributed by atoms with Gasteiger partial charge in [0.05, 0.1) is 16.7 Å². The van der Waals surface area contributed by atoms with Crippen LogP contribution in [0.15, 0.2) is 22.7 Å². The van der Waals surface area contributed by atoms with E-state index in [0.717, 1.165) is 29.7 Å². The van der Waals surface area contributed by atoms with Crippen molar-refractivity contribution in [1.29, 1.82) is 0 Å². The van der Waals surface area contributed by atoms with Crippen LogP contribution in [0, 0.1) is 0 Å². The van der Waals surface area contributed by atoms with Gasteiger partial charge in [0, 0.05) is 12.1 Å². The molecule has 0 spiro atoms. The predicted octanol–water partition coefficient (Wildman–Crippen LogP) is 4.14. The van der Waals surface area contributed by atoms with E-state index in [1.54, 1.807) is 0 Å². The van der Waals surface area contributed by atoms with E-state index in [0.29, 0.717) is 13.2 Å². The SMILES string of the molecule is CCCNCc1cccc(Br)c1OCCOC(C)(C)C. The molecule has 0 aromatic heterocycles. The normalized spacial score (nSPS) is 11.7. The summed E-state index contributed by atoms with van der Waals surface area (Å²) in [5, 5.41) is 3.40. The number of hydrogen-bond donors (Lipinski definition) is 1. The molecule has 0 saturated carbocycles. The summed E-state index contributed by atoms with van der Waals surface area (Å²) in [4.78, 5) is 0. The summed E-state index contributed by atoms with van der Waals surface area (Å²) in [5.74, 6) is 0.911. The van der Waals surface area contributed by atoms with Crippen LogP contribution in [0.4, 0.5) is 0 Å².